The van der Waals surface area contributed by atoms with E-state index in [0.29, 0.717) is 11.1 Å². The normalized spacial score (nSPS) is 17.1. The van der Waals surface area contributed by atoms with Gasteiger partial charge in [0, 0.05) is 6.42 Å². The molecule has 2 N–H and O–H groups in total. The predicted molar refractivity (Wildman–Crippen MR) is 59.7 cm³/mol. The van der Waals surface area contributed by atoms with Crippen LogP contribution in [0, 0.1) is 5.82 Å². The summed E-state index contributed by atoms with van der Waals surface area (Å²) < 4.78 is 19.0. The Morgan fingerprint density at radius 2 is 2.27 bits per heavy atom. The Kier molecular flexibility index (Phi) is 3.07. The van der Waals surface area contributed by atoms with Gasteiger partial charge in [0.05, 0.1) is 17.1 Å². The van der Waals surface area contributed by atoms with E-state index in [-0.39, 0.29) is 11.9 Å². The first-order valence-corrected chi connectivity index (χ1v) is 5.51. The Bertz CT molecular complexity index is 406. The van der Waals surface area contributed by atoms with Crippen LogP contribution in [0.2, 0.25) is 0 Å². The molecule has 0 fully saturated rings. The van der Waals surface area contributed by atoms with Crippen LogP contribution in [0.5, 0.6) is 0 Å². The zero-order valence-corrected chi connectivity index (χ0v) is 9.63. The third-order valence-corrected chi connectivity index (χ3v) is 2.98. The van der Waals surface area contributed by atoms with Crippen LogP contribution in [0.25, 0.3) is 0 Å². The van der Waals surface area contributed by atoms with Crippen molar-refractivity contribution >= 4 is 15.9 Å². The van der Waals surface area contributed by atoms with Crippen molar-refractivity contribution in [1.82, 2.24) is 0 Å². The highest BCUT2D eigenvalue weighted by Gasteiger charge is 2.17. The first-order chi connectivity index (χ1) is 7.18. The standard InChI is InChI=1S/C11H11BrFNO/c12-8-4-3-7(6-9(8)13)11(14)10-2-1-5-15-10/h2-4,6,11H,1,5,14H2. The molecule has 0 saturated heterocycles. The van der Waals surface area contributed by atoms with Crippen molar-refractivity contribution in [1.29, 1.82) is 0 Å². The van der Waals surface area contributed by atoms with Crippen LogP contribution in [-0.2, 0) is 4.74 Å². The maximum absolute atomic E-state index is 13.3. The number of hydrogen-bond donors (Lipinski definition) is 1. The average Bonchev–Trinajstić information content (AvgIpc) is 2.74. The molecule has 4 heteroatoms. The van der Waals surface area contributed by atoms with Crippen LogP contribution >= 0.6 is 15.9 Å². The van der Waals surface area contributed by atoms with E-state index in [9.17, 15) is 4.39 Å². The molecule has 1 aliphatic heterocycles. The van der Waals surface area contributed by atoms with Gasteiger partial charge in [-0.3, -0.25) is 0 Å². The van der Waals surface area contributed by atoms with Crippen molar-refractivity contribution in [3.05, 3.63) is 45.9 Å². The number of hydrogen-bond acceptors (Lipinski definition) is 2. The van der Waals surface area contributed by atoms with E-state index in [4.69, 9.17) is 10.5 Å². The second-order valence-corrected chi connectivity index (χ2v) is 4.25. The summed E-state index contributed by atoms with van der Waals surface area (Å²) in [7, 11) is 0. The van der Waals surface area contributed by atoms with Gasteiger partial charge in [-0.2, -0.15) is 0 Å². The molecule has 1 aromatic carbocycles. The molecule has 2 nitrogen and oxygen atoms in total. The van der Waals surface area contributed by atoms with Crippen molar-refractivity contribution in [2.24, 2.45) is 5.73 Å². The molecule has 0 aromatic heterocycles. The van der Waals surface area contributed by atoms with Gasteiger partial charge < -0.3 is 10.5 Å². The minimum absolute atomic E-state index is 0.304. The molecule has 2 rings (SSSR count). The van der Waals surface area contributed by atoms with Crippen LogP contribution in [0.1, 0.15) is 18.0 Å². The fourth-order valence-electron chi connectivity index (χ4n) is 1.52. The van der Waals surface area contributed by atoms with Gasteiger partial charge in [0.25, 0.3) is 0 Å². The highest BCUT2D eigenvalue weighted by Crippen LogP contribution is 2.26. The zero-order chi connectivity index (χ0) is 10.8. The smallest absolute Gasteiger partial charge is 0.137 e. The molecular formula is C11H11BrFNO. The molecule has 1 aromatic rings. The second kappa shape index (κ2) is 4.33. The molecule has 0 aliphatic carbocycles. The Morgan fingerprint density at radius 3 is 2.87 bits per heavy atom. The molecule has 0 amide bonds. The quantitative estimate of drug-likeness (QED) is 0.898. The van der Waals surface area contributed by atoms with Gasteiger partial charge in [0.1, 0.15) is 11.6 Å². The molecule has 15 heavy (non-hydrogen) atoms. The third-order valence-electron chi connectivity index (χ3n) is 2.34. The number of rotatable bonds is 2. The lowest BCUT2D eigenvalue weighted by atomic mass is 10.1. The Balaban J connectivity index is 2.25. The van der Waals surface area contributed by atoms with E-state index in [1.54, 1.807) is 12.1 Å². The second-order valence-electron chi connectivity index (χ2n) is 3.39. The monoisotopic (exact) mass is 271 g/mol. The topological polar surface area (TPSA) is 35.2 Å². The van der Waals surface area contributed by atoms with E-state index in [2.05, 4.69) is 15.9 Å². The summed E-state index contributed by atoms with van der Waals surface area (Å²) in [5.41, 5.74) is 6.67. The molecular weight excluding hydrogens is 261 g/mol. The van der Waals surface area contributed by atoms with E-state index < -0.39 is 0 Å². The van der Waals surface area contributed by atoms with E-state index in [1.165, 1.54) is 6.07 Å². The molecule has 1 aliphatic rings. The lowest BCUT2D eigenvalue weighted by Crippen LogP contribution is -2.13. The van der Waals surface area contributed by atoms with Gasteiger partial charge in [0.2, 0.25) is 0 Å². The molecule has 80 valence electrons. The summed E-state index contributed by atoms with van der Waals surface area (Å²) in [5, 5.41) is 0. The summed E-state index contributed by atoms with van der Waals surface area (Å²) in [6.45, 7) is 0.669. The predicted octanol–water partition coefficient (Wildman–Crippen LogP) is 2.89. The van der Waals surface area contributed by atoms with Crippen molar-refractivity contribution in [2.45, 2.75) is 12.5 Å². The highest BCUT2D eigenvalue weighted by atomic mass is 79.9. The zero-order valence-electron chi connectivity index (χ0n) is 8.04. The van der Waals surface area contributed by atoms with E-state index in [1.807, 2.05) is 6.08 Å². The van der Waals surface area contributed by atoms with Gasteiger partial charge in [0.15, 0.2) is 0 Å². The van der Waals surface area contributed by atoms with Gasteiger partial charge in [-0.25, -0.2) is 4.39 Å². The van der Waals surface area contributed by atoms with Gasteiger partial charge >= 0.3 is 0 Å². The van der Waals surface area contributed by atoms with E-state index >= 15 is 0 Å². The van der Waals surface area contributed by atoms with Crippen LogP contribution < -0.4 is 5.73 Å². The maximum Gasteiger partial charge on any atom is 0.137 e. The van der Waals surface area contributed by atoms with Crippen LogP contribution in [0.3, 0.4) is 0 Å². The van der Waals surface area contributed by atoms with Gasteiger partial charge in [-0.15, -0.1) is 0 Å². The molecule has 1 heterocycles. The summed E-state index contributed by atoms with van der Waals surface area (Å²) in [4.78, 5) is 0. The lowest BCUT2D eigenvalue weighted by molar-refractivity contribution is 0.225. The fraction of sp³-hybridized carbons (Fsp3) is 0.273. The van der Waals surface area contributed by atoms with Crippen molar-refractivity contribution in [3.8, 4) is 0 Å². The molecule has 1 atom stereocenters. The van der Waals surface area contributed by atoms with Crippen LogP contribution in [0.15, 0.2) is 34.5 Å². The van der Waals surface area contributed by atoms with Crippen LogP contribution in [-0.4, -0.2) is 6.61 Å². The first kappa shape index (κ1) is 10.6. The van der Waals surface area contributed by atoms with Crippen molar-refractivity contribution in [2.75, 3.05) is 6.61 Å². The first-order valence-electron chi connectivity index (χ1n) is 4.72. The Morgan fingerprint density at radius 1 is 1.47 bits per heavy atom. The molecule has 1 unspecified atom stereocenters. The summed E-state index contributed by atoms with van der Waals surface area (Å²) in [6.07, 6.45) is 2.83. The molecule has 0 radical (unpaired) electrons. The van der Waals surface area contributed by atoms with E-state index in [0.717, 1.165) is 17.7 Å². The number of ether oxygens (including phenoxy) is 1. The Hall–Kier alpha value is -0.870. The molecule has 0 spiro atoms. The minimum Gasteiger partial charge on any atom is -0.496 e. The third kappa shape index (κ3) is 2.21. The Labute approximate surface area is 96.0 Å². The summed E-state index contributed by atoms with van der Waals surface area (Å²) >= 11 is 3.10. The van der Waals surface area contributed by atoms with Gasteiger partial charge in [-0.1, -0.05) is 6.07 Å². The van der Waals surface area contributed by atoms with Crippen molar-refractivity contribution in [3.63, 3.8) is 0 Å². The number of nitrogens with two attached hydrogens (primary N) is 1. The molecule has 0 bridgehead atoms. The highest BCUT2D eigenvalue weighted by molar-refractivity contribution is 9.10. The SMILES string of the molecule is NC(C1=CCCO1)c1ccc(Br)c(F)c1. The lowest BCUT2D eigenvalue weighted by Gasteiger charge is -2.13. The largest absolute Gasteiger partial charge is 0.496 e. The fourth-order valence-corrected chi connectivity index (χ4v) is 1.77. The summed E-state index contributed by atoms with van der Waals surface area (Å²) in [5.74, 6) is 0.429. The van der Waals surface area contributed by atoms with Gasteiger partial charge in [-0.05, 0) is 39.7 Å². The van der Waals surface area contributed by atoms with Crippen molar-refractivity contribution < 1.29 is 9.13 Å². The number of halogens is 2. The van der Waals surface area contributed by atoms with Crippen LogP contribution in [0.4, 0.5) is 4.39 Å². The number of benzene rings is 1. The molecule has 0 saturated carbocycles. The maximum atomic E-state index is 13.3. The average molecular weight is 272 g/mol. The summed E-state index contributed by atoms with van der Waals surface area (Å²) in [6, 6.07) is 4.51. The minimum atomic E-state index is -0.366.